The lowest BCUT2D eigenvalue weighted by Crippen LogP contribution is -2.11. The lowest BCUT2D eigenvalue weighted by molar-refractivity contribution is 0.101. The Hall–Kier alpha value is -1.55. The van der Waals surface area contributed by atoms with Gasteiger partial charge in [0, 0.05) is 22.8 Å². The van der Waals surface area contributed by atoms with E-state index >= 15 is 0 Å². The molecule has 0 aliphatic heterocycles. The lowest BCUT2D eigenvalue weighted by atomic mass is 9.93. The maximum atomic E-state index is 13.8. The second-order valence-electron chi connectivity index (χ2n) is 5.92. The van der Waals surface area contributed by atoms with E-state index in [-0.39, 0.29) is 17.0 Å². The predicted octanol–water partition coefficient (Wildman–Crippen LogP) is 4.37. The highest BCUT2D eigenvalue weighted by Crippen LogP contribution is 2.25. The summed E-state index contributed by atoms with van der Waals surface area (Å²) in [6, 6.07) is 4.49. The molecule has 0 radical (unpaired) electrons. The highest BCUT2D eigenvalue weighted by Gasteiger charge is 2.18. The number of ketones is 1. The van der Waals surface area contributed by atoms with Gasteiger partial charge in [0.25, 0.3) is 0 Å². The van der Waals surface area contributed by atoms with Gasteiger partial charge >= 0.3 is 0 Å². The Balaban J connectivity index is 2.28. The topological polar surface area (TPSA) is 30.0 Å². The number of hydrogen-bond donors (Lipinski definition) is 0. The van der Waals surface area contributed by atoms with Gasteiger partial charge in [-0.05, 0) is 30.7 Å². The quantitative estimate of drug-likeness (QED) is 0.786. The number of hydrogen-bond acceptors (Lipinski definition) is 3. The number of carbonyl (C=O) groups excluding carboxylic acids is 1. The van der Waals surface area contributed by atoms with E-state index in [1.807, 2.05) is 5.38 Å². The van der Waals surface area contributed by atoms with Gasteiger partial charge in [-0.15, -0.1) is 11.3 Å². The summed E-state index contributed by atoms with van der Waals surface area (Å²) in [6.45, 7) is 7.78. The van der Waals surface area contributed by atoms with E-state index in [4.69, 9.17) is 0 Å². The average molecular weight is 291 g/mol. The number of rotatable bonds is 3. The molecule has 2 rings (SSSR count). The van der Waals surface area contributed by atoms with Gasteiger partial charge in [0.1, 0.15) is 5.82 Å². The van der Waals surface area contributed by atoms with Crippen LogP contribution in [-0.2, 0) is 11.8 Å². The number of aromatic nitrogens is 1. The van der Waals surface area contributed by atoms with Crippen molar-refractivity contribution in [3.05, 3.63) is 51.2 Å². The summed E-state index contributed by atoms with van der Waals surface area (Å²) in [5.41, 5.74) is 2.07. The first-order valence-corrected chi connectivity index (χ1v) is 7.39. The molecule has 2 aromatic rings. The zero-order valence-corrected chi connectivity index (χ0v) is 13.0. The Morgan fingerprint density at radius 1 is 1.35 bits per heavy atom. The highest BCUT2D eigenvalue weighted by atomic mass is 32.1. The van der Waals surface area contributed by atoms with Crippen LogP contribution in [0.1, 0.15) is 54.3 Å². The monoisotopic (exact) mass is 291 g/mol. The smallest absolute Gasteiger partial charge is 0.159 e. The maximum absolute atomic E-state index is 13.8. The molecule has 20 heavy (non-hydrogen) atoms. The number of thiazole rings is 1. The third-order valence-corrected chi connectivity index (χ3v) is 3.96. The molecule has 1 heterocycles. The second-order valence-corrected chi connectivity index (χ2v) is 6.86. The van der Waals surface area contributed by atoms with Crippen LogP contribution in [0.3, 0.4) is 0 Å². The van der Waals surface area contributed by atoms with Crippen molar-refractivity contribution in [1.29, 1.82) is 0 Å². The summed E-state index contributed by atoms with van der Waals surface area (Å²) < 4.78 is 13.8. The van der Waals surface area contributed by atoms with Crippen LogP contribution in [0.4, 0.5) is 4.39 Å². The highest BCUT2D eigenvalue weighted by molar-refractivity contribution is 7.09. The summed E-state index contributed by atoms with van der Waals surface area (Å²) in [5.74, 6) is -0.344. The molecule has 0 atom stereocenters. The van der Waals surface area contributed by atoms with E-state index in [9.17, 15) is 9.18 Å². The van der Waals surface area contributed by atoms with E-state index < -0.39 is 0 Å². The first kappa shape index (κ1) is 14.9. The zero-order chi connectivity index (χ0) is 14.9. The van der Waals surface area contributed by atoms with Crippen molar-refractivity contribution in [3.63, 3.8) is 0 Å². The summed E-state index contributed by atoms with van der Waals surface area (Å²) in [7, 11) is 0. The van der Waals surface area contributed by atoms with Crippen molar-refractivity contribution in [3.8, 4) is 0 Å². The van der Waals surface area contributed by atoms with Gasteiger partial charge in [0.15, 0.2) is 5.78 Å². The van der Waals surface area contributed by atoms with Crippen LogP contribution < -0.4 is 0 Å². The van der Waals surface area contributed by atoms with Crippen molar-refractivity contribution in [2.45, 2.75) is 39.5 Å². The number of benzene rings is 1. The van der Waals surface area contributed by atoms with E-state index in [0.717, 1.165) is 10.7 Å². The molecule has 4 heteroatoms. The largest absolute Gasteiger partial charge is 0.295 e. The van der Waals surface area contributed by atoms with Gasteiger partial charge in [-0.2, -0.15) is 0 Å². The molecule has 0 aliphatic carbocycles. The van der Waals surface area contributed by atoms with Crippen LogP contribution in [0.5, 0.6) is 0 Å². The van der Waals surface area contributed by atoms with Gasteiger partial charge in [-0.3, -0.25) is 4.79 Å². The molecule has 2 nitrogen and oxygen atoms in total. The van der Waals surface area contributed by atoms with Gasteiger partial charge in [0.05, 0.1) is 10.7 Å². The standard InChI is InChI=1S/C16H18FNOS/c1-10(19)11-5-6-13(17)12(7-11)8-15-18-14(9-20-15)16(2,3)4/h5-7,9H,8H2,1-4H3. The fourth-order valence-corrected chi connectivity index (χ4v) is 2.87. The average Bonchev–Trinajstić information content (AvgIpc) is 2.80. The summed E-state index contributed by atoms with van der Waals surface area (Å²) in [4.78, 5) is 15.9. The number of nitrogens with zero attached hydrogens (tertiary/aromatic N) is 1. The molecule has 0 N–H and O–H groups in total. The van der Waals surface area contributed by atoms with E-state index in [1.165, 1.54) is 30.4 Å². The van der Waals surface area contributed by atoms with Crippen LogP contribution in [0.25, 0.3) is 0 Å². The minimum Gasteiger partial charge on any atom is -0.295 e. The molecule has 0 unspecified atom stereocenters. The molecule has 0 fully saturated rings. The molecule has 0 aliphatic rings. The van der Waals surface area contributed by atoms with Gasteiger partial charge in [-0.25, -0.2) is 9.37 Å². The van der Waals surface area contributed by atoms with Crippen LogP contribution in [0.15, 0.2) is 23.6 Å². The number of carbonyl (C=O) groups is 1. The molecule has 0 bridgehead atoms. The SMILES string of the molecule is CC(=O)c1ccc(F)c(Cc2nc(C(C)(C)C)cs2)c1. The Morgan fingerprint density at radius 3 is 2.60 bits per heavy atom. The predicted molar refractivity (Wildman–Crippen MR) is 80.0 cm³/mol. The van der Waals surface area contributed by atoms with Crippen molar-refractivity contribution in [2.75, 3.05) is 0 Å². The van der Waals surface area contributed by atoms with E-state index in [0.29, 0.717) is 17.5 Å². The van der Waals surface area contributed by atoms with Gasteiger partial charge in [-0.1, -0.05) is 20.8 Å². The summed E-state index contributed by atoms with van der Waals surface area (Å²) in [6.07, 6.45) is 0.424. The Labute approximate surface area is 122 Å². The van der Waals surface area contributed by atoms with Crippen molar-refractivity contribution in [1.82, 2.24) is 4.98 Å². The molecular formula is C16H18FNOS. The number of halogens is 1. The molecule has 106 valence electrons. The summed E-state index contributed by atoms with van der Waals surface area (Å²) in [5, 5.41) is 2.89. The Kier molecular flexibility index (Phi) is 4.04. The molecule has 1 aromatic carbocycles. The molecule has 0 amide bonds. The molecule has 0 saturated carbocycles. The fourth-order valence-electron chi connectivity index (χ4n) is 1.83. The van der Waals surface area contributed by atoms with Gasteiger partial charge in [0.2, 0.25) is 0 Å². The molecular weight excluding hydrogens is 273 g/mol. The molecule has 0 saturated heterocycles. The van der Waals surface area contributed by atoms with E-state index in [2.05, 4.69) is 25.8 Å². The zero-order valence-electron chi connectivity index (χ0n) is 12.2. The second kappa shape index (κ2) is 5.44. The first-order valence-electron chi connectivity index (χ1n) is 6.51. The lowest BCUT2D eigenvalue weighted by Gasteiger charge is -2.14. The minimum atomic E-state index is -0.289. The summed E-state index contributed by atoms with van der Waals surface area (Å²) >= 11 is 1.53. The van der Waals surface area contributed by atoms with E-state index in [1.54, 1.807) is 6.07 Å². The third-order valence-electron chi connectivity index (χ3n) is 3.11. The normalized spacial score (nSPS) is 11.7. The number of Topliss-reactive ketones (excluding diaryl/α,β-unsaturated/α-hetero) is 1. The van der Waals surface area contributed by atoms with Crippen LogP contribution >= 0.6 is 11.3 Å². The molecule has 0 spiro atoms. The Bertz CT molecular complexity index is 640. The first-order chi connectivity index (χ1) is 9.27. The van der Waals surface area contributed by atoms with Crippen LogP contribution in [0.2, 0.25) is 0 Å². The maximum Gasteiger partial charge on any atom is 0.159 e. The fraction of sp³-hybridized carbons (Fsp3) is 0.375. The third kappa shape index (κ3) is 3.31. The van der Waals surface area contributed by atoms with Gasteiger partial charge < -0.3 is 0 Å². The van der Waals surface area contributed by atoms with Crippen LogP contribution in [-0.4, -0.2) is 10.8 Å². The Morgan fingerprint density at radius 2 is 2.05 bits per heavy atom. The minimum absolute atomic E-state index is 0.00543. The van der Waals surface area contributed by atoms with Crippen LogP contribution in [0, 0.1) is 5.82 Å². The molecule has 1 aromatic heterocycles. The van der Waals surface area contributed by atoms with Crippen molar-refractivity contribution in [2.24, 2.45) is 0 Å². The van der Waals surface area contributed by atoms with Crippen molar-refractivity contribution >= 4 is 17.1 Å². The van der Waals surface area contributed by atoms with Crippen molar-refractivity contribution < 1.29 is 9.18 Å².